The van der Waals surface area contributed by atoms with E-state index in [0.29, 0.717) is 0 Å². The molecule has 8 unspecified atom stereocenters. The van der Waals surface area contributed by atoms with E-state index in [1.807, 2.05) is 13.8 Å². The van der Waals surface area contributed by atoms with Crippen LogP contribution in [0.4, 0.5) is 0 Å². The highest BCUT2D eigenvalue weighted by atomic mass is 28.6. The lowest BCUT2D eigenvalue weighted by molar-refractivity contribution is -0.141. The molecule has 306 valence electrons. The molecule has 19 nitrogen and oxygen atoms in total. The van der Waals surface area contributed by atoms with Crippen molar-refractivity contribution in [3.8, 4) is 0 Å². The third kappa shape index (κ3) is 11.8. The Hall–Kier alpha value is 0.975. The van der Waals surface area contributed by atoms with E-state index in [1.165, 1.54) is 0 Å². The molecule has 0 spiro atoms. The van der Waals surface area contributed by atoms with Gasteiger partial charge in [-0.25, -0.2) is 0 Å². The van der Waals surface area contributed by atoms with Crippen LogP contribution >= 0.6 is 0 Å². The van der Waals surface area contributed by atoms with Crippen molar-refractivity contribution in [2.24, 2.45) is 5.92 Å². The van der Waals surface area contributed by atoms with Crippen LogP contribution in [0.5, 0.6) is 0 Å². The molecule has 4 saturated heterocycles. The van der Waals surface area contributed by atoms with Crippen molar-refractivity contribution in [1.29, 1.82) is 0 Å². The molecule has 4 aliphatic heterocycles. The Kier molecular flexibility index (Phi) is 15.0. The first-order valence-corrected chi connectivity index (χ1v) is 31.1. The van der Waals surface area contributed by atoms with Crippen LogP contribution in [0.3, 0.4) is 0 Å². The molecule has 4 aliphatic rings. The Labute approximate surface area is 318 Å². The van der Waals surface area contributed by atoms with Gasteiger partial charge in [-0.15, -0.1) is 0 Å². The maximum Gasteiger partial charge on any atom is 0.663 e. The van der Waals surface area contributed by atoms with E-state index >= 15 is 0 Å². The van der Waals surface area contributed by atoms with Crippen LogP contribution in [0.2, 0.25) is 6.04 Å². The lowest BCUT2D eigenvalue weighted by Gasteiger charge is -2.55. The van der Waals surface area contributed by atoms with Crippen LogP contribution in [0, 0.1) is 5.92 Å². The quantitative estimate of drug-likeness (QED) is 0.223. The number of hydrogen-bond acceptors (Lipinski definition) is 19. The molecule has 4 fully saturated rings. The highest BCUT2D eigenvalue weighted by Gasteiger charge is 2.86. The normalized spacial score (nSPS) is 40.0. The second-order valence-corrected chi connectivity index (χ2v) is 34.3. The van der Waals surface area contributed by atoms with Crippen molar-refractivity contribution in [3.05, 3.63) is 0 Å². The van der Waals surface area contributed by atoms with Crippen LogP contribution in [0.25, 0.3) is 0 Å². The van der Waals surface area contributed by atoms with Gasteiger partial charge in [-0.3, -0.25) is 0 Å². The maximum atomic E-state index is 12.5. The molecule has 0 radical (unpaired) electrons. The van der Waals surface area contributed by atoms with Gasteiger partial charge in [-0.1, -0.05) is 13.8 Å². The van der Waals surface area contributed by atoms with Gasteiger partial charge in [0.05, 0.1) is 0 Å². The summed E-state index contributed by atoms with van der Waals surface area (Å²) in [5.41, 5.74) is 0. The highest BCUT2D eigenvalue weighted by molar-refractivity contribution is 6.95. The van der Waals surface area contributed by atoms with Crippen molar-refractivity contribution in [2.75, 3.05) is 0 Å². The first kappa shape index (κ1) is 45.7. The number of hydrogen-bond donors (Lipinski definition) is 1. The smallest absolute Gasteiger partial charge is 0.374 e. The van der Waals surface area contributed by atoms with E-state index in [-0.39, 0.29) is 12.0 Å². The lowest BCUT2D eigenvalue weighted by Crippen LogP contribution is -2.87. The largest absolute Gasteiger partial charge is 0.663 e. The third-order valence-corrected chi connectivity index (χ3v) is 35.5. The first-order chi connectivity index (χ1) is 23.8. The van der Waals surface area contributed by atoms with Crippen LogP contribution in [-0.4, -0.2) is 120 Å². The molecule has 0 aromatic heterocycles. The van der Waals surface area contributed by atoms with Crippen molar-refractivity contribution in [3.63, 3.8) is 0 Å². The SMILES string of the molecule is CC(C)C[Si]12O[Si](O)(OC(C)C)O[Si]3(OC(C)C)O[Si]4(OC(C)C)O[SiH](OC(C)C)O[Si](OC(C)C)(O1)O[Si](OC(C)C)(O4)O[Si](OC(C)C)(O2)O3. The van der Waals surface area contributed by atoms with Crippen molar-refractivity contribution >= 4 is 72.6 Å². The molecule has 52 heavy (non-hydrogen) atoms. The second-order valence-electron chi connectivity index (χ2n) is 14.9. The van der Waals surface area contributed by atoms with Gasteiger partial charge in [-0.2, -0.15) is 0 Å². The van der Waals surface area contributed by atoms with Crippen molar-refractivity contribution in [2.45, 2.75) is 160 Å². The molecular weight excluding hydrogens is 829 g/mol. The molecule has 0 saturated carbocycles. The summed E-state index contributed by atoms with van der Waals surface area (Å²) in [6, 6.07) is 0.0210. The Bertz CT molecular complexity index is 1100. The van der Waals surface area contributed by atoms with E-state index in [0.717, 1.165) is 0 Å². The van der Waals surface area contributed by atoms with Crippen LogP contribution in [-0.2, 0) is 76.2 Å². The fourth-order valence-electron chi connectivity index (χ4n) is 5.23. The Morgan fingerprint density at radius 1 is 0.404 bits per heavy atom. The van der Waals surface area contributed by atoms with Gasteiger partial charge in [0.1, 0.15) is 0 Å². The number of rotatable bonds is 16. The first-order valence-electron chi connectivity index (χ1n) is 17.9. The summed E-state index contributed by atoms with van der Waals surface area (Å²) in [6.07, 6.45) is -4.21. The highest BCUT2D eigenvalue weighted by Crippen LogP contribution is 2.48. The van der Waals surface area contributed by atoms with Gasteiger partial charge in [-0.05, 0) is 103 Å². The maximum absolute atomic E-state index is 12.5. The summed E-state index contributed by atoms with van der Waals surface area (Å²) in [7, 11) is -37.6. The topological polar surface area (TPSA) is 186 Å². The van der Waals surface area contributed by atoms with Gasteiger partial charge in [0.2, 0.25) is 0 Å². The Morgan fingerprint density at radius 2 is 0.731 bits per heavy atom. The summed E-state index contributed by atoms with van der Waals surface area (Å²) in [5, 5.41) is 0. The van der Waals surface area contributed by atoms with Gasteiger partial charge >= 0.3 is 72.6 Å². The predicted octanol–water partition coefficient (Wildman–Crippen LogP) is 3.12. The van der Waals surface area contributed by atoms with Gasteiger partial charge in [0, 0.05) is 48.8 Å². The minimum atomic E-state index is -5.04. The monoisotopic (exact) mass is 888 g/mol. The molecule has 0 aromatic rings. The number of fused-ring (bicyclic) bond motifs is 4. The average molecular weight is 889 g/mol. The molecule has 1 N–H and O–H groups in total. The molecule has 0 aromatic carbocycles. The molecule has 0 aliphatic carbocycles. The second kappa shape index (κ2) is 17.1. The summed E-state index contributed by atoms with van der Waals surface area (Å²) >= 11 is 0. The van der Waals surface area contributed by atoms with Crippen LogP contribution in [0.1, 0.15) is 111 Å². The average Bonchev–Trinajstić information content (AvgIpc) is 2.80. The van der Waals surface area contributed by atoms with Crippen LogP contribution < -0.4 is 0 Å². The molecule has 4 heterocycles. The van der Waals surface area contributed by atoms with E-state index in [9.17, 15) is 4.80 Å². The van der Waals surface area contributed by atoms with E-state index in [1.54, 1.807) is 96.9 Å². The Morgan fingerprint density at radius 3 is 1.12 bits per heavy atom. The minimum absolute atomic E-state index is 0.0210. The molecular formula is C25H60O19Si8. The van der Waals surface area contributed by atoms with E-state index < -0.39 is 115 Å². The zero-order valence-corrected chi connectivity index (χ0v) is 41.4. The van der Waals surface area contributed by atoms with E-state index in [4.69, 9.17) is 76.2 Å². The van der Waals surface area contributed by atoms with E-state index in [2.05, 4.69) is 0 Å². The standard InChI is InChI=1S/C25H60O19Si8/c1-18(2)17-46-36-47(26,28-20(5)6)39-51(32-24(13)14)41-49(30-22(9)10)35-45(27-19(3)4)34-48(37-46,29-21(7)8)40-52(42-49,33-25(15)16)44-50(38-46,43-51)31-23(11)12/h18-26,45H,17H2,1-16H3. The lowest BCUT2D eigenvalue weighted by atomic mass is 10.3. The molecule has 4 rings (SSSR count). The van der Waals surface area contributed by atoms with Crippen molar-refractivity contribution in [1.82, 2.24) is 0 Å². The Balaban J connectivity index is 2.21. The zero-order valence-electron chi connectivity index (χ0n) is 33.2. The van der Waals surface area contributed by atoms with Gasteiger partial charge in [0.25, 0.3) is 0 Å². The summed E-state index contributed by atoms with van der Waals surface area (Å²) < 4.78 is 120. The predicted molar refractivity (Wildman–Crippen MR) is 195 cm³/mol. The minimum Gasteiger partial charge on any atom is -0.374 e. The fourth-order valence-corrected chi connectivity index (χ4v) is 40.1. The van der Waals surface area contributed by atoms with Crippen LogP contribution in [0.15, 0.2) is 0 Å². The summed E-state index contributed by atoms with van der Waals surface area (Å²) in [5.74, 6) is -0.203. The molecule has 0 amide bonds. The molecule has 27 heteroatoms. The summed E-state index contributed by atoms with van der Waals surface area (Å²) in [6.45, 7) is 28.2. The fraction of sp³-hybridized carbons (Fsp3) is 1.00. The molecule has 8 atom stereocenters. The molecule has 6 bridgehead atoms. The van der Waals surface area contributed by atoms with Gasteiger partial charge < -0.3 is 81.0 Å². The summed E-state index contributed by atoms with van der Waals surface area (Å²) in [4.78, 5) is 12.5. The van der Waals surface area contributed by atoms with Gasteiger partial charge in [0.15, 0.2) is 0 Å². The van der Waals surface area contributed by atoms with Crippen molar-refractivity contribution < 1.29 is 81.0 Å². The third-order valence-electron chi connectivity index (χ3n) is 6.16. The zero-order chi connectivity index (χ0) is 39.1.